The van der Waals surface area contributed by atoms with Gasteiger partial charge in [0.25, 0.3) is 5.91 Å². The Balaban J connectivity index is 1.80. The van der Waals surface area contributed by atoms with E-state index in [0.717, 1.165) is 50.9 Å². The molecule has 0 atom stereocenters. The van der Waals surface area contributed by atoms with E-state index in [1.165, 1.54) is 42.9 Å². The lowest BCUT2D eigenvalue weighted by atomic mass is 9.97. The van der Waals surface area contributed by atoms with Crippen LogP contribution >= 0.6 is 0 Å². The Morgan fingerprint density at radius 1 is 1.14 bits per heavy atom. The fraction of sp³-hybridized carbons (Fsp3) is 0.571. The van der Waals surface area contributed by atoms with E-state index in [1.807, 2.05) is 0 Å². The number of hydrogen-bond acceptors (Lipinski definition) is 4. The summed E-state index contributed by atoms with van der Waals surface area (Å²) in [6.07, 6.45) is 10.1. The highest BCUT2D eigenvalue weighted by atomic mass is 32.2. The van der Waals surface area contributed by atoms with Gasteiger partial charge in [-0.1, -0.05) is 11.6 Å². The van der Waals surface area contributed by atoms with Crippen molar-refractivity contribution in [1.82, 2.24) is 9.62 Å². The molecule has 0 saturated carbocycles. The Kier molecular flexibility index (Phi) is 6.78. The van der Waals surface area contributed by atoms with Crippen LogP contribution in [0.25, 0.3) is 0 Å². The number of carbonyl (C=O) groups excluding carboxylic acids is 1. The minimum absolute atomic E-state index is 0.153. The molecule has 154 valence electrons. The van der Waals surface area contributed by atoms with E-state index >= 15 is 0 Å². The Morgan fingerprint density at radius 2 is 1.89 bits per heavy atom. The number of sulfonamides is 1. The monoisotopic (exact) mass is 405 g/mol. The van der Waals surface area contributed by atoms with Gasteiger partial charge >= 0.3 is 0 Å². The largest absolute Gasteiger partial charge is 0.371 e. The molecular weight excluding hydrogens is 374 g/mol. The van der Waals surface area contributed by atoms with E-state index in [9.17, 15) is 13.2 Å². The van der Waals surface area contributed by atoms with Gasteiger partial charge in [-0.25, -0.2) is 12.7 Å². The highest BCUT2D eigenvalue weighted by molar-refractivity contribution is 7.89. The number of nitrogens with zero attached hydrogens (tertiary/aromatic N) is 2. The number of benzene rings is 1. The zero-order valence-corrected chi connectivity index (χ0v) is 17.7. The number of carbonyl (C=O) groups is 1. The molecule has 1 aromatic rings. The van der Waals surface area contributed by atoms with Gasteiger partial charge in [0.1, 0.15) is 0 Å². The second-order valence-corrected chi connectivity index (χ2v) is 9.93. The first-order chi connectivity index (χ1) is 13.4. The maximum atomic E-state index is 12.9. The van der Waals surface area contributed by atoms with E-state index < -0.39 is 10.0 Å². The van der Waals surface area contributed by atoms with Crippen LogP contribution in [-0.4, -0.2) is 52.4 Å². The van der Waals surface area contributed by atoms with E-state index in [0.29, 0.717) is 12.1 Å². The predicted molar refractivity (Wildman–Crippen MR) is 112 cm³/mol. The van der Waals surface area contributed by atoms with Crippen molar-refractivity contribution in [3.8, 4) is 0 Å². The Hall–Kier alpha value is -1.86. The van der Waals surface area contributed by atoms with Crippen LogP contribution in [0.1, 0.15) is 55.3 Å². The van der Waals surface area contributed by atoms with E-state index in [1.54, 1.807) is 12.1 Å². The maximum Gasteiger partial charge on any atom is 0.253 e. The van der Waals surface area contributed by atoms with Crippen LogP contribution in [0.2, 0.25) is 0 Å². The molecule has 1 heterocycles. The van der Waals surface area contributed by atoms with Crippen molar-refractivity contribution in [3.63, 3.8) is 0 Å². The molecule has 1 aliphatic carbocycles. The van der Waals surface area contributed by atoms with Gasteiger partial charge in [0.2, 0.25) is 10.0 Å². The van der Waals surface area contributed by atoms with E-state index in [4.69, 9.17) is 0 Å². The fourth-order valence-corrected chi connectivity index (χ4v) is 4.79. The minimum Gasteiger partial charge on any atom is -0.371 e. The van der Waals surface area contributed by atoms with Crippen LogP contribution in [0.3, 0.4) is 0 Å². The molecule has 1 N–H and O–H groups in total. The molecule has 0 spiro atoms. The van der Waals surface area contributed by atoms with Crippen LogP contribution in [0, 0.1) is 0 Å². The van der Waals surface area contributed by atoms with Crippen molar-refractivity contribution in [1.29, 1.82) is 0 Å². The van der Waals surface area contributed by atoms with Gasteiger partial charge in [0, 0.05) is 39.4 Å². The lowest BCUT2D eigenvalue weighted by Gasteiger charge is -2.22. The summed E-state index contributed by atoms with van der Waals surface area (Å²) in [5, 5.41) is 3.00. The molecule has 6 nitrogen and oxygen atoms in total. The fourth-order valence-electron chi connectivity index (χ4n) is 3.87. The summed E-state index contributed by atoms with van der Waals surface area (Å²) in [6, 6.07) is 4.91. The van der Waals surface area contributed by atoms with Gasteiger partial charge in [-0.05, 0) is 63.1 Å². The lowest BCUT2D eigenvalue weighted by molar-refractivity contribution is 0.0954. The number of anilines is 1. The number of amides is 1. The molecule has 0 radical (unpaired) electrons. The molecule has 0 bridgehead atoms. The van der Waals surface area contributed by atoms with Crippen LogP contribution in [0.5, 0.6) is 0 Å². The van der Waals surface area contributed by atoms with Crippen LogP contribution in [0.15, 0.2) is 34.7 Å². The van der Waals surface area contributed by atoms with E-state index in [-0.39, 0.29) is 10.8 Å². The predicted octanol–water partition coefficient (Wildman–Crippen LogP) is 3.16. The van der Waals surface area contributed by atoms with Crippen molar-refractivity contribution in [2.24, 2.45) is 0 Å². The Labute approximate surface area is 168 Å². The topological polar surface area (TPSA) is 69.7 Å². The molecule has 2 aliphatic rings. The van der Waals surface area contributed by atoms with E-state index in [2.05, 4.69) is 16.3 Å². The highest BCUT2D eigenvalue weighted by Gasteiger charge is 2.24. The van der Waals surface area contributed by atoms with Gasteiger partial charge in [-0.3, -0.25) is 4.79 Å². The zero-order chi connectivity index (χ0) is 20.1. The van der Waals surface area contributed by atoms with Crippen molar-refractivity contribution in [3.05, 3.63) is 35.4 Å². The number of rotatable bonds is 7. The highest BCUT2D eigenvalue weighted by Crippen LogP contribution is 2.28. The summed E-state index contributed by atoms with van der Waals surface area (Å²) in [7, 11) is -0.582. The van der Waals surface area contributed by atoms with Gasteiger partial charge in [0.05, 0.1) is 10.5 Å². The van der Waals surface area contributed by atoms with Crippen LogP contribution in [-0.2, 0) is 10.0 Å². The van der Waals surface area contributed by atoms with Crippen molar-refractivity contribution in [2.45, 2.75) is 49.8 Å². The molecule has 1 saturated heterocycles. The number of hydrogen-bond donors (Lipinski definition) is 1. The zero-order valence-electron chi connectivity index (χ0n) is 16.9. The van der Waals surface area contributed by atoms with Crippen LogP contribution in [0.4, 0.5) is 5.69 Å². The van der Waals surface area contributed by atoms with Gasteiger partial charge < -0.3 is 10.2 Å². The maximum absolute atomic E-state index is 12.9. The van der Waals surface area contributed by atoms with Gasteiger partial charge in [-0.2, -0.15) is 0 Å². The molecule has 7 heteroatoms. The average molecular weight is 406 g/mol. The Bertz CT molecular complexity index is 840. The summed E-state index contributed by atoms with van der Waals surface area (Å²) >= 11 is 0. The second-order valence-electron chi connectivity index (χ2n) is 7.77. The van der Waals surface area contributed by atoms with Gasteiger partial charge in [-0.15, -0.1) is 0 Å². The molecule has 1 aromatic carbocycles. The van der Waals surface area contributed by atoms with Gasteiger partial charge in [0.15, 0.2) is 0 Å². The number of nitrogens with one attached hydrogen (secondary N) is 1. The SMILES string of the molecule is CN(C)S(=O)(=O)c1ccc(N2CCCC2)c(C(=O)NCCC2=CCCCC2)c1. The van der Waals surface area contributed by atoms with Crippen molar-refractivity contribution in [2.75, 3.05) is 38.6 Å². The summed E-state index contributed by atoms with van der Waals surface area (Å²) in [6.45, 7) is 2.37. The average Bonchev–Trinajstić information content (AvgIpc) is 3.22. The van der Waals surface area contributed by atoms with Crippen LogP contribution < -0.4 is 10.2 Å². The molecular formula is C21H31N3O3S. The Morgan fingerprint density at radius 3 is 2.54 bits per heavy atom. The molecule has 28 heavy (non-hydrogen) atoms. The third-order valence-corrected chi connectivity index (χ3v) is 7.37. The standard InChI is InChI=1S/C21H31N3O3S/c1-23(2)28(26,27)18-10-11-20(24-14-6-7-15-24)19(16-18)21(25)22-13-12-17-8-4-3-5-9-17/h8,10-11,16H,3-7,9,12-15H2,1-2H3,(H,22,25). The minimum atomic E-state index is -3.59. The summed E-state index contributed by atoms with van der Waals surface area (Å²) in [5.74, 6) is -0.200. The normalized spacial score (nSPS) is 17.7. The smallest absolute Gasteiger partial charge is 0.253 e. The first-order valence-corrected chi connectivity index (χ1v) is 11.6. The molecule has 0 aromatic heterocycles. The third-order valence-electron chi connectivity index (χ3n) is 5.55. The lowest BCUT2D eigenvalue weighted by Crippen LogP contribution is -2.29. The molecule has 3 rings (SSSR count). The summed E-state index contributed by atoms with van der Waals surface area (Å²) < 4.78 is 26.2. The first kappa shape index (κ1) is 20.9. The first-order valence-electron chi connectivity index (χ1n) is 10.2. The summed E-state index contributed by atoms with van der Waals surface area (Å²) in [5.41, 5.74) is 2.68. The number of allylic oxidation sites excluding steroid dienone is 1. The molecule has 1 amide bonds. The van der Waals surface area contributed by atoms with Crippen molar-refractivity contribution < 1.29 is 13.2 Å². The quantitative estimate of drug-likeness (QED) is 0.708. The third kappa shape index (κ3) is 4.75. The molecule has 0 unspecified atom stereocenters. The summed E-state index contributed by atoms with van der Waals surface area (Å²) in [4.78, 5) is 15.3. The second kappa shape index (κ2) is 9.09. The van der Waals surface area contributed by atoms with Crippen molar-refractivity contribution >= 4 is 21.6 Å². The molecule has 1 fully saturated rings. The molecule has 1 aliphatic heterocycles.